The second-order valence-electron chi connectivity index (χ2n) is 6.23. The Balaban J connectivity index is 2.04. The maximum absolute atomic E-state index is 12.2. The Morgan fingerprint density at radius 2 is 2.17 bits per heavy atom. The monoisotopic (exact) mass is 326 g/mol. The number of amides is 1. The topological polar surface area (TPSA) is 88.2 Å². The van der Waals surface area contributed by atoms with Crippen molar-refractivity contribution in [3.63, 3.8) is 0 Å². The van der Waals surface area contributed by atoms with Crippen molar-refractivity contribution in [3.05, 3.63) is 35.8 Å². The van der Waals surface area contributed by atoms with Gasteiger partial charge >= 0.3 is 0 Å². The summed E-state index contributed by atoms with van der Waals surface area (Å²) in [6, 6.07) is 3.29. The van der Waals surface area contributed by atoms with Crippen molar-refractivity contribution < 1.29 is 4.79 Å². The molecule has 0 unspecified atom stereocenters. The van der Waals surface area contributed by atoms with Gasteiger partial charge in [-0.15, -0.1) is 0 Å². The van der Waals surface area contributed by atoms with Crippen LogP contribution < -0.4 is 10.6 Å². The molecule has 0 spiro atoms. The van der Waals surface area contributed by atoms with Gasteiger partial charge in [0.25, 0.3) is 0 Å². The van der Waals surface area contributed by atoms with E-state index in [1.807, 2.05) is 31.1 Å². The molecule has 3 heterocycles. The highest BCUT2D eigenvalue weighted by Gasteiger charge is 2.27. The second kappa shape index (κ2) is 6.52. The Kier molecular flexibility index (Phi) is 4.44. The third-order valence-electron chi connectivity index (χ3n) is 4.09. The summed E-state index contributed by atoms with van der Waals surface area (Å²) in [4.78, 5) is 29.5. The van der Waals surface area contributed by atoms with E-state index in [0.717, 1.165) is 29.1 Å². The number of anilines is 1. The summed E-state index contributed by atoms with van der Waals surface area (Å²) in [7, 11) is 3.93. The number of aromatic nitrogens is 3. The Hall–Kier alpha value is -2.54. The fraction of sp³-hybridized carbons (Fsp3) is 0.412. The summed E-state index contributed by atoms with van der Waals surface area (Å²) in [6.07, 6.45) is 4.20. The molecule has 0 bridgehead atoms. The van der Waals surface area contributed by atoms with E-state index >= 15 is 0 Å². The van der Waals surface area contributed by atoms with E-state index < -0.39 is 6.04 Å². The molecule has 0 aromatic carbocycles. The highest BCUT2D eigenvalue weighted by atomic mass is 16.2. The quantitative estimate of drug-likeness (QED) is 0.899. The van der Waals surface area contributed by atoms with Crippen LogP contribution >= 0.6 is 0 Å². The van der Waals surface area contributed by atoms with Crippen LogP contribution in [0.5, 0.6) is 0 Å². The normalized spacial score (nSPS) is 14.9. The number of carbonyl (C=O) groups is 1. The molecule has 0 radical (unpaired) electrons. The Bertz CT molecular complexity index is 744. The smallest absolute Gasteiger partial charge is 0.239 e. The fourth-order valence-electron chi connectivity index (χ4n) is 2.88. The molecule has 2 aromatic rings. The third kappa shape index (κ3) is 3.07. The molecule has 0 saturated heterocycles. The first-order chi connectivity index (χ1) is 11.5. The molecule has 7 nitrogen and oxygen atoms in total. The summed E-state index contributed by atoms with van der Waals surface area (Å²) >= 11 is 0. The molecule has 126 valence electrons. The summed E-state index contributed by atoms with van der Waals surface area (Å²) < 4.78 is 0. The van der Waals surface area contributed by atoms with E-state index in [4.69, 9.17) is 15.7 Å². The van der Waals surface area contributed by atoms with Gasteiger partial charge < -0.3 is 15.5 Å². The van der Waals surface area contributed by atoms with Crippen LogP contribution in [0.15, 0.2) is 24.5 Å². The summed E-state index contributed by atoms with van der Waals surface area (Å²) in [5.41, 5.74) is 8.59. The van der Waals surface area contributed by atoms with E-state index in [-0.39, 0.29) is 5.91 Å². The molecular weight excluding hydrogens is 304 g/mol. The lowest BCUT2D eigenvalue weighted by Crippen LogP contribution is -2.45. The van der Waals surface area contributed by atoms with Gasteiger partial charge in [0.2, 0.25) is 5.91 Å². The molecule has 0 aliphatic carbocycles. The molecule has 1 aliphatic heterocycles. The fourth-order valence-corrected chi connectivity index (χ4v) is 2.88. The summed E-state index contributed by atoms with van der Waals surface area (Å²) in [6.45, 7) is 2.82. The lowest BCUT2D eigenvalue weighted by molar-refractivity contribution is -0.133. The van der Waals surface area contributed by atoms with E-state index in [0.29, 0.717) is 18.9 Å². The molecule has 2 N–H and O–H groups in total. The highest BCUT2D eigenvalue weighted by molar-refractivity contribution is 5.81. The van der Waals surface area contributed by atoms with Crippen LogP contribution in [0.2, 0.25) is 0 Å². The predicted molar refractivity (Wildman–Crippen MR) is 92.4 cm³/mol. The molecular formula is C17H22N6O. The maximum Gasteiger partial charge on any atom is 0.239 e. The molecule has 24 heavy (non-hydrogen) atoms. The second-order valence-corrected chi connectivity index (χ2v) is 6.23. The molecule has 3 rings (SSSR count). The Morgan fingerprint density at radius 3 is 2.79 bits per heavy atom. The SMILES string of the molecule is C[C@@H](N)C(=O)N1CCc2c(nc(-c3cccnc3)nc2N(C)C)C1. The molecule has 1 atom stereocenters. The van der Waals surface area contributed by atoms with Crippen LogP contribution in [0.4, 0.5) is 5.82 Å². The Morgan fingerprint density at radius 1 is 1.38 bits per heavy atom. The lowest BCUT2D eigenvalue weighted by atomic mass is 10.0. The average molecular weight is 326 g/mol. The summed E-state index contributed by atoms with van der Waals surface area (Å²) in [5, 5.41) is 0. The van der Waals surface area contributed by atoms with Gasteiger partial charge in [-0.05, 0) is 25.5 Å². The zero-order chi connectivity index (χ0) is 17.3. The van der Waals surface area contributed by atoms with E-state index in [2.05, 4.69) is 4.98 Å². The van der Waals surface area contributed by atoms with Crippen LogP contribution in [-0.4, -0.2) is 52.4 Å². The van der Waals surface area contributed by atoms with Gasteiger partial charge in [-0.25, -0.2) is 9.97 Å². The van der Waals surface area contributed by atoms with Gasteiger partial charge in [-0.3, -0.25) is 9.78 Å². The molecule has 1 amide bonds. The molecule has 1 aliphatic rings. The lowest BCUT2D eigenvalue weighted by Gasteiger charge is -2.31. The largest absolute Gasteiger partial charge is 0.362 e. The minimum Gasteiger partial charge on any atom is -0.362 e. The third-order valence-corrected chi connectivity index (χ3v) is 4.09. The first-order valence-corrected chi connectivity index (χ1v) is 7.99. The minimum atomic E-state index is -0.500. The Labute approximate surface area is 141 Å². The first kappa shape index (κ1) is 16.3. The van der Waals surface area contributed by atoms with Crippen molar-refractivity contribution >= 4 is 11.7 Å². The van der Waals surface area contributed by atoms with Crippen molar-refractivity contribution in [1.82, 2.24) is 19.9 Å². The van der Waals surface area contributed by atoms with Crippen molar-refractivity contribution in [2.75, 3.05) is 25.5 Å². The number of hydrogen-bond donors (Lipinski definition) is 1. The van der Waals surface area contributed by atoms with Gasteiger partial charge in [0.05, 0.1) is 18.3 Å². The van der Waals surface area contributed by atoms with Gasteiger partial charge in [-0.2, -0.15) is 0 Å². The van der Waals surface area contributed by atoms with Crippen molar-refractivity contribution in [1.29, 1.82) is 0 Å². The highest BCUT2D eigenvalue weighted by Crippen LogP contribution is 2.28. The van der Waals surface area contributed by atoms with Crippen molar-refractivity contribution in [2.45, 2.75) is 25.9 Å². The van der Waals surface area contributed by atoms with Crippen LogP contribution in [0.25, 0.3) is 11.4 Å². The first-order valence-electron chi connectivity index (χ1n) is 7.99. The summed E-state index contributed by atoms with van der Waals surface area (Å²) in [5.74, 6) is 1.47. The van der Waals surface area contributed by atoms with Crippen LogP contribution in [0, 0.1) is 0 Å². The standard InChI is InChI=1S/C17H22N6O/c1-11(18)17(24)23-8-6-13-14(10-23)20-15(21-16(13)22(2)3)12-5-4-7-19-9-12/h4-5,7,9,11H,6,8,10,18H2,1-3H3/t11-/m1/s1. The number of nitrogens with zero attached hydrogens (tertiary/aromatic N) is 5. The zero-order valence-corrected chi connectivity index (χ0v) is 14.2. The van der Waals surface area contributed by atoms with Gasteiger partial charge in [0.15, 0.2) is 5.82 Å². The number of nitrogens with two attached hydrogens (primary N) is 1. The van der Waals surface area contributed by atoms with Crippen LogP contribution in [0.1, 0.15) is 18.2 Å². The van der Waals surface area contributed by atoms with Crippen LogP contribution in [0.3, 0.4) is 0 Å². The maximum atomic E-state index is 12.2. The number of pyridine rings is 1. The predicted octanol–water partition coefficient (Wildman–Crippen LogP) is 0.837. The van der Waals surface area contributed by atoms with Gasteiger partial charge in [0, 0.05) is 44.2 Å². The number of fused-ring (bicyclic) bond motifs is 1. The van der Waals surface area contributed by atoms with Crippen LogP contribution in [-0.2, 0) is 17.8 Å². The van der Waals surface area contributed by atoms with Gasteiger partial charge in [-0.1, -0.05) is 0 Å². The van der Waals surface area contributed by atoms with E-state index in [1.165, 1.54) is 0 Å². The molecule has 0 saturated carbocycles. The zero-order valence-electron chi connectivity index (χ0n) is 14.2. The van der Waals surface area contributed by atoms with E-state index in [1.54, 1.807) is 24.2 Å². The molecule has 2 aromatic heterocycles. The van der Waals surface area contributed by atoms with Crippen molar-refractivity contribution in [3.8, 4) is 11.4 Å². The van der Waals surface area contributed by atoms with Gasteiger partial charge in [0.1, 0.15) is 5.82 Å². The van der Waals surface area contributed by atoms with Crippen molar-refractivity contribution in [2.24, 2.45) is 5.73 Å². The van der Waals surface area contributed by atoms with E-state index in [9.17, 15) is 4.79 Å². The number of rotatable bonds is 3. The average Bonchev–Trinajstić information content (AvgIpc) is 2.60. The minimum absolute atomic E-state index is 0.0476. The molecule has 0 fully saturated rings. The number of carbonyl (C=O) groups excluding carboxylic acids is 1. The number of hydrogen-bond acceptors (Lipinski definition) is 6. The molecule has 7 heteroatoms.